The molecule has 0 aliphatic rings. The van der Waals surface area contributed by atoms with E-state index < -0.39 is 11.7 Å². The summed E-state index contributed by atoms with van der Waals surface area (Å²) >= 11 is 5.39. The number of carbonyl (C=O) groups is 1. The Bertz CT molecular complexity index is 467. The van der Waals surface area contributed by atoms with Crippen molar-refractivity contribution in [3.63, 3.8) is 0 Å². The minimum absolute atomic E-state index is 0.0486. The first-order valence-corrected chi connectivity index (χ1v) is 5.37. The molecule has 0 radical (unpaired) electrons. The highest BCUT2D eigenvalue weighted by Gasteiger charge is 2.34. The Morgan fingerprint density at radius 3 is 2.61 bits per heavy atom. The lowest BCUT2D eigenvalue weighted by Gasteiger charge is -2.14. The average molecular weight is 279 g/mol. The monoisotopic (exact) mass is 278 g/mol. The van der Waals surface area contributed by atoms with E-state index in [1.54, 1.807) is 6.92 Å². The molecular weight excluding hydrogens is 269 g/mol. The van der Waals surface area contributed by atoms with Gasteiger partial charge in [0.2, 0.25) is 0 Å². The Hall–Kier alpha value is -1.49. The van der Waals surface area contributed by atoms with Crippen molar-refractivity contribution in [2.75, 3.05) is 6.61 Å². The Morgan fingerprint density at radius 1 is 1.44 bits per heavy atom. The highest BCUT2D eigenvalue weighted by atomic mass is 35.5. The van der Waals surface area contributed by atoms with Crippen molar-refractivity contribution in [2.45, 2.75) is 13.1 Å². The number of aldehydes is 1. The molecule has 18 heavy (non-hydrogen) atoms. The molecule has 98 valence electrons. The molecule has 1 rings (SSSR count). The summed E-state index contributed by atoms with van der Waals surface area (Å²) in [4.78, 5) is 10.5. The van der Waals surface area contributed by atoms with Gasteiger partial charge in [0.25, 0.3) is 0 Å². The number of rotatable bonds is 4. The first-order chi connectivity index (χ1) is 8.38. The standard InChI is InChI=1S/C12H10ClF3O2/c1-8(5-13)7-18-11-3-2-9(6-17)4-10(11)12(14,15)16/h2-6H,7H2,1H3/b8-5-. The largest absolute Gasteiger partial charge is 0.489 e. The number of hydrogen-bond donors (Lipinski definition) is 0. The number of halogens is 4. The fourth-order valence-corrected chi connectivity index (χ4v) is 1.25. The second kappa shape index (κ2) is 5.91. The minimum Gasteiger partial charge on any atom is -0.489 e. The lowest BCUT2D eigenvalue weighted by molar-refractivity contribution is -0.138. The van der Waals surface area contributed by atoms with Gasteiger partial charge in [-0.05, 0) is 30.7 Å². The molecule has 0 aliphatic carbocycles. The summed E-state index contributed by atoms with van der Waals surface area (Å²) in [5.74, 6) is -0.328. The van der Waals surface area contributed by atoms with Crippen LogP contribution in [-0.2, 0) is 6.18 Å². The van der Waals surface area contributed by atoms with Gasteiger partial charge >= 0.3 is 6.18 Å². The van der Waals surface area contributed by atoms with Crippen LogP contribution in [0.4, 0.5) is 13.2 Å². The number of benzene rings is 1. The zero-order valence-electron chi connectivity index (χ0n) is 9.42. The highest BCUT2D eigenvalue weighted by Crippen LogP contribution is 2.36. The van der Waals surface area contributed by atoms with E-state index in [-0.39, 0.29) is 17.9 Å². The smallest absolute Gasteiger partial charge is 0.419 e. The van der Waals surface area contributed by atoms with E-state index in [0.29, 0.717) is 11.9 Å². The van der Waals surface area contributed by atoms with Crippen molar-refractivity contribution >= 4 is 17.9 Å². The number of ether oxygens (including phenoxy) is 1. The minimum atomic E-state index is -4.58. The van der Waals surface area contributed by atoms with Crippen LogP contribution in [0.25, 0.3) is 0 Å². The maximum atomic E-state index is 12.7. The molecular formula is C12H10ClF3O2. The van der Waals surface area contributed by atoms with E-state index >= 15 is 0 Å². The van der Waals surface area contributed by atoms with Crippen molar-refractivity contribution < 1.29 is 22.7 Å². The molecule has 0 heterocycles. The fraction of sp³-hybridized carbons (Fsp3) is 0.250. The molecule has 2 nitrogen and oxygen atoms in total. The summed E-state index contributed by atoms with van der Waals surface area (Å²) in [6.45, 7) is 1.58. The van der Waals surface area contributed by atoms with Gasteiger partial charge in [0.15, 0.2) is 0 Å². The maximum absolute atomic E-state index is 12.7. The molecule has 0 spiro atoms. The zero-order chi connectivity index (χ0) is 13.8. The van der Waals surface area contributed by atoms with Crippen molar-refractivity contribution in [2.24, 2.45) is 0 Å². The van der Waals surface area contributed by atoms with Crippen molar-refractivity contribution in [3.8, 4) is 5.75 Å². The van der Waals surface area contributed by atoms with Gasteiger partial charge < -0.3 is 4.74 Å². The Kier molecular flexibility index (Phi) is 4.78. The van der Waals surface area contributed by atoms with Crippen LogP contribution in [0.1, 0.15) is 22.8 Å². The van der Waals surface area contributed by atoms with Crippen LogP contribution in [0.5, 0.6) is 5.75 Å². The quantitative estimate of drug-likeness (QED) is 0.777. The third-order valence-corrected chi connectivity index (χ3v) is 2.46. The predicted molar refractivity (Wildman–Crippen MR) is 61.9 cm³/mol. The molecule has 0 N–H and O–H groups in total. The van der Waals surface area contributed by atoms with E-state index in [2.05, 4.69) is 0 Å². The molecule has 0 atom stereocenters. The van der Waals surface area contributed by atoms with Crippen LogP contribution in [0.15, 0.2) is 29.3 Å². The van der Waals surface area contributed by atoms with Crippen LogP contribution in [0.3, 0.4) is 0 Å². The van der Waals surface area contributed by atoms with Gasteiger partial charge in [0.05, 0.1) is 5.56 Å². The molecule has 6 heteroatoms. The normalized spacial score (nSPS) is 12.4. The van der Waals surface area contributed by atoms with Crippen molar-refractivity contribution in [3.05, 3.63) is 40.4 Å². The molecule has 0 saturated heterocycles. The summed E-state index contributed by atoms with van der Waals surface area (Å²) in [5.41, 5.74) is 0.783. The number of hydrogen-bond acceptors (Lipinski definition) is 2. The Morgan fingerprint density at radius 2 is 2.11 bits per heavy atom. The van der Waals surface area contributed by atoms with Crippen LogP contribution in [0.2, 0.25) is 0 Å². The second-order valence-electron chi connectivity index (χ2n) is 3.62. The van der Waals surface area contributed by atoms with Gasteiger partial charge in [0, 0.05) is 11.1 Å². The maximum Gasteiger partial charge on any atom is 0.419 e. The topological polar surface area (TPSA) is 26.3 Å². The van der Waals surface area contributed by atoms with Gasteiger partial charge in [-0.2, -0.15) is 13.2 Å². The SMILES string of the molecule is C/C(=C/Cl)COc1ccc(C=O)cc1C(F)(F)F. The fourth-order valence-electron chi connectivity index (χ4n) is 1.19. The number of carbonyl (C=O) groups excluding carboxylic acids is 1. The molecule has 0 aromatic heterocycles. The Labute approximate surface area is 107 Å². The van der Waals surface area contributed by atoms with Crippen LogP contribution >= 0.6 is 11.6 Å². The first-order valence-electron chi connectivity index (χ1n) is 4.93. The van der Waals surface area contributed by atoms with Crippen molar-refractivity contribution in [1.82, 2.24) is 0 Å². The predicted octanol–water partition coefficient (Wildman–Crippen LogP) is 4.04. The summed E-state index contributed by atoms with van der Waals surface area (Å²) < 4.78 is 43.2. The summed E-state index contributed by atoms with van der Waals surface area (Å²) in [7, 11) is 0. The molecule has 0 bridgehead atoms. The molecule has 1 aromatic carbocycles. The Balaban J connectivity index is 3.07. The number of alkyl halides is 3. The van der Waals surface area contributed by atoms with Crippen LogP contribution in [0, 0.1) is 0 Å². The molecule has 0 aliphatic heterocycles. The van der Waals surface area contributed by atoms with Gasteiger partial charge in [0.1, 0.15) is 18.6 Å². The molecule has 0 amide bonds. The van der Waals surface area contributed by atoms with Crippen LogP contribution < -0.4 is 4.74 Å². The third-order valence-electron chi connectivity index (χ3n) is 2.09. The zero-order valence-corrected chi connectivity index (χ0v) is 10.2. The van der Waals surface area contributed by atoms with E-state index in [1.807, 2.05) is 0 Å². The molecule has 1 aromatic rings. The first kappa shape index (κ1) is 14.6. The third kappa shape index (κ3) is 3.77. The molecule has 0 unspecified atom stereocenters. The lowest BCUT2D eigenvalue weighted by atomic mass is 10.1. The molecule has 0 saturated carbocycles. The highest BCUT2D eigenvalue weighted by molar-refractivity contribution is 6.25. The van der Waals surface area contributed by atoms with Gasteiger partial charge in [-0.15, -0.1) is 0 Å². The van der Waals surface area contributed by atoms with Gasteiger partial charge in [-0.25, -0.2) is 0 Å². The second-order valence-corrected chi connectivity index (χ2v) is 3.83. The lowest BCUT2D eigenvalue weighted by Crippen LogP contribution is -2.10. The summed E-state index contributed by atoms with van der Waals surface area (Å²) in [6, 6.07) is 3.13. The van der Waals surface area contributed by atoms with E-state index in [4.69, 9.17) is 16.3 Å². The van der Waals surface area contributed by atoms with E-state index in [9.17, 15) is 18.0 Å². The van der Waals surface area contributed by atoms with E-state index in [0.717, 1.165) is 12.1 Å². The van der Waals surface area contributed by atoms with Gasteiger partial charge in [-0.1, -0.05) is 11.6 Å². The average Bonchev–Trinajstić information content (AvgIpc) is 2.34. The summed E-state index contributed by atoms with van der Waals surface area (Å²) in [6.07, 6.45) is -4.23. The molecule has 0 fully saturated rings. The van der Waals surface area contributed by atoms with E-state index in [1.165, 1.54) is 11.6 Å². The van der Waals surface area contributed by atoms with Crippen molar-refractivity contribution in [1.29, 1.82) is 0 Å². The summed E-state index contributed by atoms with van der Waals surface area (Å²) in [5, 5.41) is 0. The van der Waals surface area contributed by atoms with Gasteiger partial charge in [-0.3, -0.25) is 4.79 Å². The van der Waals surface area contributed by atoms with Crippen LogP contribution in [-0.4, -0.2) is 12.9 Å².